The number of amides is 1. The summed E-state index contributed by atoms with van der Waals surface area (Å²) < 4.78 is 5.46. The second-order valence-electron chi connectivity index (χ2n) is 5.38. The third kappa shape index (κ3) is 4.33. The SMILES string of the molecule is C[C@@H](N)C(=O)NCC1(c2ccccc2Cl)CCOCC1.Cl. The van der Waals surface area contributed by atoms with Crippen LogP contribution in [0.3, 0.4) is 0 Å². The predicted octanol–water partition coefficient (Wildman–Crippen LogP) is 2.27. The van der Waals surface area contributed by atoms with Crippen molar-refractivity contribution in [2.45, 2.75) is 31.2 Å². The Morgan fingerprint density at radius 3 is 2.62 bits per heavy atom. The van der Waals surface area contributed by atoms with Crippen molar-refractivity contribution in [3.63, 3.8) is 0 Å². The number of nitrogens with two attached hydrogens (primary N) is 1. The van der Waals surface area contributed by atoms with Gasteiger partial charge in [0.1, 0.15) is 0 Å². The molecule has 1 aromatic carbocycles. The number of nitrogens with one attached hydrogen (secondary N) is 1. The number of benzene rings is 1. The van der Waals surface area contributed by atoms with Crippen molar-refractivity contribution in [2.24, 2.45) is 5.73 Å². The third-order valence-electron chi connectivity index (χ3n) is 3.91. The Bertz CT molecular complexity index is 474. The van der Waals surface area contributed by atoms with Gasteiger partial charge in [-0.25, -0.2) is 0 Å². The molecule has 0 radical (unpaired) electrons. The van der Waals surface area contributed by atoms with E-state index in [0.717, 1.165) is 23.4 Å². The zero-order valence-corrected chi connectivity index (χ0v) is 13.7. The Balaban J connectivity index is 0.00000220. The minimum Gasteiger partial charge on any atom is -0.381 e. The van der Waals surface area contributed by atoms with E-state index in [4.69, 9.17) is 22.1 Å². The van der Waals surface area contributed by atoms with Crippen molar-refractivity contribution in [1.29, 1.82) is 0 Å². The minimum absolute atomic E-state index is 0. The highest BCUT2D eigenvalue weighted by Crippen LogP contribution is 2.38. The van der Waals surface area contributed by atoms with Crippen molar-refractivity contribution < 1.29 is 9.53 Å². The normalized spacial score (nSPS) is 18.4. The van der Waals surface area contributed by atoms with E-state index in [1.807, 2.05) is 24.3 Å². The van der Waals surface area contributed by atoms with Crippen molar-refractivity contribution in [2.75, 3.05) is 19.8 Å². The van der Waals surface area contributed by atoms with Crippen LogP contribution in [0.25, 0.3) is 0 Å². The van der Waals surface area contributed by atoms with E-state index in [1.165, 1.54) is 0 Å². The molecule has 1 atom stereocenters. The topological polar surface area (TPSA) is 64.4 Å². The fourth-order valence-electron chi connectivity index (χ4n) is 2.61. The van der Waals surface area contributed by atoms with Gasteiger partial charge in [0, 0.05) is 30.2 Å². The smallest absolute Gasteiger partial charge is 0.236 e. The Hall–Kier alpha value is -0.810. The van der Waals surface area contributed by atoms with Crippen LogP contribution in [0, 0.1) is 0 Å². The average Bonchev–Trinajstić information content (AvgIpc) is 2.46. The summed E-state index contributed by atoms with van der Waals surface area (Å²) in [5.41, 5.74) is 6.51. The van der Waals surface area contributed by atoms with E-state index in [2.05, 4.69) is 5.32 Å². The number of halogens is 2. The molecule has 0 spiro atoms. The number of carbonyl (C=O) groups excluding carboxylic acids is 1. The number of hydrogen-bond acceptors (Lipinski definition) is 3. The molecule has 118 valence electrons. The summed E-state index contributed by atoms with van der Waals surface area (Å²) in [5, 5.41) is 3.68. The maximum absolute atomic E-state index is 11.7. The highest BCUT2D eigenvalue weighted by Gasteiger charge is 2.36. The molecule has 0 unspecified atom stereocenters. The summed E-state index contributed by atoms with van der Waals surface area (Å²) in [6.45, 7) is 3.58. The third-order valence-corrected chi connectivity index (χ3v) is 4.24. The van der Waals surface area contributed by atoms with Crippen LogP contribution in [0.15, 0.2) is 24.3 Å². The molecule has 1 saturated heterocycles. The van der Waals surface area contributed by atoms with Gasteiger partial charge >= 0.3 is 0 Å². The van der Waals surface area contributed by atoms with Gasteiger partial charge in [-0.2, -0.15) is 0 Å². The van der Waals surface area contributed by atoms with E-state index in [1.54, 1.807) is 6.92 Å². The molecule has 1 aliphatic rings. The summed E-state index contributed by atoms with van der Waals surface area (Å²) in [5.74, 6) is -0.136. The maximum atomic E-state index is 11.7. The molecule has 6 heteroatoms. The van der Waals surface area contributed by atoms with E-state index < -0.39 is 6.04 Å². The second-order valence-corrected chi connectivity index (χ2v) is 5.79. The van der Waals surface area contributed by atoms with Crippen molar-refractivity contribution >= 4 is 29.9 Å². The Morgan fingerprint density at radius 1 is 1.43 bits per heavy atom. The molecule has 1 heterocycles. The van der Waals surface area contributed by atoms with Crippen LogP contribution in [-0.4, -0.2) is 31.7 Å². The molecule has 21 heavy (non-hydrogen) atoms. The van der Waals surface area contributed by atoms with Crippen LogP contribution in [0.4, 0.5) is 0 Å². The summed E-state index contributed by atoms with van der Waals surface area (Å²) >= 11 is 6.35. The zero-order chi connectivity index (χ0) is 14.6. The summed E-state index contributed by atoms with van der Waals surface area (Å²) in [4.78, 5) is 11.7. The lowest BCUT2D eigenvalue weighted by atomic mass is 9.74. The highest BCUT2D eigenvalue weighted by molar-refractivity contribution is 6.31. The molecule has 3 N–H and O–H groups in total. The zero-order valence-electron chi connectivity index (χ0n) is 12.1. The first kappa shape index (κ1) is 18.2. The van der Waals surface area contributed by atoms with Crippen LogP contribution in [0.1, 0.15) is 25.3 Å². The molecule has 0 saturated carbocycles. The lowest BCUT2D eigenvalue weighted by Gasteiger charge is -2.38. The van der Waals surface area contributed by atoms with Gasteiger partial charge < -0.3 is 15.8 Å². The van der Waals surface area contributed by atoms with Gasteiger partial charge in [0.15, 0.2) is 0 Å². The van der Waals surface area contributed by atoms with E-state index in [-0.39, 0.29) is 23.7 Å². The summed E-state index contributed by atoms with van der Waals surface area (Å²) in [7, 11) is 0. The molecule has 1 amide bonds. The molecule has 1 aliphatic heterocycles. The Kier molecular flexibility index (Phi) is 6.94. The van der Waals surface area contributed by atoms with Gasteiger partial charge in [-0.05, 0) is 31.4 Å². The maximum Gasteiger partial charge on any atom is 0.236 e. The molecule has 0 aliphatic carbocycles. The van der Waals surface area contributed by atoms with Gasteiger partial charge in [0.05, 0.1) is 6.04 Å². The summed E-state index contributed by atoms with van der Waals surface area (Å²) in [6.07, 6.45) is 1.69. The van der Waals surface area contributed by atoms with E-state index in [0.29, 0.717) is 19.8 Å². The molecule has 0 bridgehead atoms. The molecular weight excluding hydrogens is 311 g/mol. The lowest BCUT2D eigenvalue weighted by Crippen LogP contribution is -2.48. The Morgan fingerprint density at radius 2 is 2.05 bits per heavy atom. The van der Waals surface area contributed by atoms with Gasteiger partial charge in [-0.3, -0.25) is 4.79 Å². The largest absolute Gasteiger partial charge is 0.381 e. The van der Waals surface area contributed by atoms with Crippen molar-refractivity contribution in [1.82, 2.24) is 5.32 Å². The molecule has 0 aromatic heterocycles. The molecule has 1 fully saturated rings. The fraction of sp³-hybridized carbons (Fsp3) is 0.533. The quantitative estimate of drug-likeness (QED) is 0.888. The molecule has 4 nitrogen and oxygen atoms in total. The van der Waals surface area contributed by atoms with Gasteiger partial charge in [0.2, 0.25) is 5.91 Å². The number of carbonyl (C=O) groups is 1. The Labute approximate surface area is 136 Å². The first-order chi connectivity index (χ1) is 9.55. The van der Waals surface area contributed by atoms with Crippen LogP contribution in [0.2, 0.25) is 5.02 Å². The van der Waals surface area contributed by atoms with Gasteiger partial charge in [0.25, 0.3) is 0 Å². The number of hydrogen-bond donors (Lipinski definition) is 2. The standard InChI is InChI=1S/C15H21ClN2O2.ClH/c1-11(17)14(19)18-10-15(6-8-20-9-7-15)12-4-2-3-5-13(12)16;/h2-5,11H,6-10,17H2,1H3,(H,18,19);1H/t11-;/m1./s1. The molecular formula is C15H22Cl2N2O2. The first-order valence-electron chi connectivity index (χ1n) is 6.91. The molecule has 2 rings (SSSR count). The number of ether oxygens (including phenoxy) is 1. The van der Waals surface area contributed by atoms with E-state index >= 15 is 0 Å². The van der Waals surface area contributed by atoms with Crippen molar-refractivity contribution in [3.05, 3.63) is 34.9 Å². The molecule has 1 aromatic rings. The van der Waals surface area contributed by atoms with Crippen molar-refractivity contribution in [3.8, 4) is 0 Å². The minimum atomic E-state index is -0.502. The monoisotopic (exact) mass is 332 g/mol. The number of rotatable bonds is 4. The summed E-state index contributed by atoms with van der Waals surface area (Å²) in [6, 6.07) is 7.32. The fourth-order valence-corrected chi connectivity index (χ4v) is 2.95. The van der Waals surface area contributed by atoms with Crippen LogP contribution >= 0.6 is 24.0 Å². The van der Waals surface area contributed by atoms with Gasteiger partial charge in [-0.15, -0.1) is 12.4 Å². The highest BCUT2D eigenvalue weighted by atomic mass is 35.5. The lowest BCUT2D eigenvalue weighted by molar-refractivity contribution is -0.122. The van der Waals surface area contributed by atoms with E-state index in [9.17, 15) is 4.79 Å². The second kappa shape index (κ2) is 7.99. The van der Waals surface area contributed by atoms with Crippen LogP contribution < -0.4 is 11.1 Å². The van der Waals surface area contributed by atoms with Gasteiger partial charge in [-0.1, -0.05) is 29.8 Å². The van der Waals surface area contributed by atoms with Crippen LogP contribution in [-0.2, 0) is 14.9 Å². The first-order valence-corrected chi connectivity index (χ1v) is 7.29. The van der Waals surface area contributed by atoms with Crippen LogP contribution in [0.5, 0.6) is 0 Å². The predicted molar refractivity (Wildman–Crippen MR) is 87.1 cm³/mol. The average molecular weight is 333 g/mol.